The fourth-order valence-electron chi connectivity index (χ4n) is 3.00. The minimum atomic E-state index is -3.28. The molecule has 0 bridgehead atoms. The van der Waals surface area contributed by atoms with Gasteiger partial charge in [-0.05, 0) is 43.3 Å². The summed E-state index contributed by atoms with van der Waals surface area (Å²) in [5, 5.41) is 2.84. The fraction of sp³-hybridized carbons (Fsp3) is 0.300. The first kappa shape index (κ1) is 19.6. The Morgan fingerprint density at radius 1 is 1.21 bits per heavy atom. The third kappa shape index (κ3) is 4.05. The van der Waals surface area contributed by atoms with Gasteiger partial charge in [-0.25, -0.2) is 4.98 Å². The molecule has 0 saturated carbocycles. The summed E-state index contributed by atoms with van der Waals surface area (Å²) < 4.78 is 37.6. The van der Waals surface area contributed by atoms with Crippen molar-refractivity contribution in [3.63, 3.8) is 0 Å². The van der Waals surface area contributed by atoms with Crippen LogP contribution in [0.15, 0.2) is 36.4 Å². The number of benzene rings is 2. The number of amides is 1. The smallest absolute Gasteiger partial charge is 0.394 e. The molecule has 6 nitrogen and oxygen atoms in total. The van der Waals surface area contributed by atoms with Gasteiger partial charge in [-0.3, -0.25) is 4.79 Å². The number of methoxy groups -OCH3 is 1. The topological polar surface area (TPSA) is 65.4 Å². The number of rotatable bonds is 6. The highest BCUT2D eigenvalue weighted by molar-refractivity contribution is 5.94. The fourth-order valence-corrected chi connectivity index (χ4v) is 3.00. The number of nitrogens with zero attached hydrogens (tertiary/aromatic N) is 2. The van der Waals surface area contributed by atoms with Gasteiger partial charge in [0.15, 0.2) is 0 Å². The van der Waals surface area contributed by atoms with Crippen LogP contribution in [0, 0.1) is 6.92 Å². The summed E-state index contributed by atoms with van der Waals surface area (Å²) in [5.41, 5.74) is 2.83. The van der Waals surface area contributed by atoms with Crippen LogP contribution in [0.4, 0.5) is 8.78 Å². The predicted molar refractivity (Wildman–Crippen MR) is 101 cm³/mol. The average molecular weight is 389 g/mol. The Morgan fingerprint density at radius 2 is 1.89 bits per heavy atom. The molecule has 1 aromatic heterocycles. The Balaban J connectivity index is 1.79. The molecular weight excluding hydrogens is 368 g/mol. The minimum absolute atomic E-state index is 0.0131. The molecule has 0 unspecified atom stereocenters. The number of hydrogen-bond acceptors (Lipinski definition) is 4. The highest BCUT2D eigenvalue weighted by Crippen LogP contribution is 2.28. The van der Waals surface area contributed by atoms with Gasteiger partial charge in [0, 0.05) is 31.6 Å². The largest absolute Gasteiger partial charge is 0.496 e. The van der Waals surface area contributed by atoms with E-state index in [2.05, 4.69) is 15.0 Å². The van der Waals surface area contributed by atoms with E-state index >= 15 is 0 Å². The van der Waals surface area contributed by atoms with Gasteiger partial charge >= 0.3 is 6.11 Å². The van der Waals surface area contributed by atoms with Crippen LogP contribution in [-0.2, 0) is 13.6 Å². The van der Waals surface area contributed by atoms with Crippen molar-refractivity contribution in [1.29, 1.82) is 0 Å². The molecule has 0 aliphatic rings. The van der Waals surface area contributed by atoms with Crippen molar-refractivity contribution in [1.82, 2.24) is 14.9 Å². The third-order valence-corrected chi connectivity index (χ3v) is 4.38. The van der Waals surface area contributed by atoms with E-state index in [9.17, 15) is 13.6 Å². The number of aryl methyl sites for hydroxylation is 2. The first-order valence-corrected chi connectivity index (χ1v) is 8.63. The van der Waals surface area contributed by atoms with Crippen molar-refractivity contribution < 1.29 is 23.0 Å². The molecule has 3 rings (SSSR count). The van der Waals surface area contributed by atoms with Crippen molar-refractivity contribution in [2.24, 2.45) is 7.05 Å². The van der Waals surface area contributed by atoms with E-state index in [0.29, 0.717) is 18.2 Å². The number of ether oxygens (including phenoxy) is 2. The maximum atomic E-state index is 12.9. The quantitative estimate of drug-likeness (QED) is 0.696. The number of halogens is 2. The van der Waals surface area contributed by atoms with Gasteiger partial charge in [-0.2, -0.15) is 8.78 Å². The van der Waals surface area contributed by atoms with Crippen LogP contribution in [0.2, 0.25) is 0 Å². The van der Waals surface area contributed by atoms with E-state index in [0.717, 1.165) is 22.4 Å². The summed E-state index contributed by atoms with van der Waals surface area (Å²) >= 11 is 0. The highest BCUT2D eigenvalue weighted by atomic mass is 19.3. The van der Waals surface area contributed by atoms with Gasteiger partial charge in [0.2, 0.25) is 0 Å². The zero-order chi connectivity index (χ0) is 20.5. The maximum Gasteiger partial charge on any atom is 0.394 e. The molecule has 2 aromatic carbocycles. The Bertz CT molecular complexity index is 1010. The monoisotopic (exact) mass is 389 g/mol. The van der Waals surface area contributed by atoms with Crippen LogP contribution in [0.3, 0.4) is 0 Å². The molecule has 0 saturated heterocycles. The second-order valence-electron chi connectivity index (χ2n) is 6.45. The Labute approximate surface area is 161 Å². The molecule has 1 amide bonds. The number of nitrogens with one attached hydrogen (secondary N) is 1. The van der Waals surface area contributed by atoms with Gasteiger partial charge in [-0.1, -0.05) is 0 Å². The Hall–Kier alpha value is -3.16. The lowest BCUT2D eigenvalue weighted by molar-refractivity contribution is -0.158. The van der Waals surface area contributed by atoms with E-state index in [1.165, 1.54) is 24.3 Å². The second kappa shape index (κ2) is 7.46. The first-order valence-electron chi connectivity index (χ1n) is 8.63. The van der Waals surface area contributed by atoms with Crippen molar-refractivity contribution >= 4 is 16.9 Å². The summed E-state index contributed by atoms with van der Waals surface area (Å²) in [6.45, 7) is 2.78. The standard InChI is InChI=1S/C20H21F2N3O3/c1-12-24-16-9-10-17(27-4)15(18(16)25(12)3)11-23-19(26)13-5-7-14(8-6-13)28-20(2,21)22/h5-10H,11H2,1-4H3,(H,23,26). The van der Waals surface area contributed by atoms with Gasteiger partial charge in [-0.15, -0.1) is 0 Å². The molecule has 148 valence electrons. The van der Waals surface area contributed by atoms with Crippen molar-refractivity contribution in [2.75, 3.05) is 7.11 Å². The van der Waals surface area contributed by atoms with E-state index in [4.69, 9.17) is 4.74 Å². The number of aromatic nitrogens is 2. The Morgan fingerprint density at radius 3 is 2.50 bits per heavy atom. The number of alkyl halides is 2. The molecule has 1 heterocycles. The number of fused-ring (bicyclic) bond motifs is 1. The number of carbonyl (C=O) groups is 1. The molecule has 0 aliphatic heterocycles. The van der Waals surface area contributed by atoms with Crippen LogP contribution in [0.1, 0.15) is 28.7 Å². The molecular formula is C20H21F2N3O3. The lowest BCUT2D eigenvalue weighted by Crippen LogP contribution is -2.23. The lowest BCUT2D eigenvalue weighted by Gasteiger charge is -2.14. The minimum Gasteiger partial charge on any atom is -0.496 e. The van der Waals surface area contributed by atoms with Crippen molar-refractivity contribution in [2.45, 2.75) is 26.5 Å². The number of hydrogen-bond donors (Lipinski definition) is 1. The van der Waals surface area contributed by atoms with Crippen LogP contribution < -0.4 is 14.8 Å². The molecule has 0 fully saturated rings. The molecule has 3 aromatic rings. The summed E-state index contributed by atoms with van der Waals surface area (Å²) in [6.07, 6.45) is -3.28. The lowest BCUT2D eigenvalue weighted by atomic mass is 10.1. The zero-order valence-corrected chi connectivity index (χ0v) is 16.0. The molecule has 1 N–H and O–H groups in total. The van der Waals surface area contributed by atoms with E-state index in [-0.39, 0.29) is 18.2 Å². The molecule has 0 atom stereocenters. The van der Waals surface area contributed by atoms with Crippen molar-refractivity contribution in [3.8, 4) is 11.5 Å². The molecule has 0 spiro atoms. The highest BCUT2D eigenvalue weighted by Gasteiger charge is 2.23. The Kier molecular flexibility index (Phi) is 5.22. The maximum absolute atomic E-state index is 12.9. The average Bonchev–Trinajstić information content (AvgIpc) is 2.93. The van der Waals surface area contributed by atoms with Gasteiger partial charge in [0.05, 0.1) is 18.1 Å². The van der Waals surface area contributed by atoms with Crippen LogP contribution in [0.25, 0.3) is 11.0 Å². The summed E-state index contributed by atoms with van der Waals surface area (Å²) in [5.74, 6) is 1.14. The second-order valence-corrected chi connectivity index (χ2v) is 6.45. The van der Waals surface area contributed by atoms with Crippen LogP contribution in [0.5, 0.6) is 11.5 Å². The normalized spacial score (nSPS) is 11.5. The predicted octanol–water partition coefficient (Wildman–Crippen LogP) is 3.81. The third-order valence-electron chi connectivity index (χ3n) is 4.38. The summed E-state index contributed by atoms with van der Waals surface area (Å²) in [6, 6.07) is 9.21. The summed E-state index contributed by atoms with van der Waals surface area (Å²) in [7, 11) is 3.47. The van der Waals surface area contributed by atoms with Gasteiger partial charge in [0.25, 0.3) is 5.91 Å². The van der Waals surface area contributed by atoms with E-state index < -0.39 is 6.11 Å². The molecule has 8 heteroatoms. The van der Waals surface area contributed by atoms with Crippen LogP contribution >= 0.6 is 0 Å². The number of carbonyl (C=O) groups excluding carboxylic acids is 1. The van der Waals surface area contributed by atoms with Crippen molar-refractivity contribution in [3.05, 3.63) is 53.3 Å². The zero-order valence-electron chi connectivity index (χ0n) is 16.0. The van der Waals surface area contributed by atoms with Gasteiger partial charge in [0.1, 0.15) is 17.3 Å². The first-order chi connectivity index (χ1) is 13.2. The van der Waals surface area contributed by atoms with E-state index in [1.54, 1.807) is 7.11 Å². The molecule has 28 heavy (non-hydrogen) atoms. The molecule has 0 aliphatic carbocycles. The molecule has 0 radical (unpaired) electrons. The summed E-state index contributed by atoms with van der Waals surface area (Å²) in [4.78, 5) is 17.0. The van der Waals surface area contributed by atoms with Gasteiger partial charge < -0.3 is 19.4 Å². The van der Waals surface area contributed by atoms with Crippen LogP contribution in [-0.4, -0.2) is 28.7 Å². The number of imidazole rings is 1. The SMILES string of the molecule is COc1ccc2nc(C)n(C)c2c1CNC(=O)c1ccc(OC(C)(F)F)cc1. The van der Waals surface area contributed by atoms with E-state index in [1.807, 2.05) is 30.7 Å².